The Bertz CT molecular complexity index is 507. The van der Waals surface area contributed by atoms with Crippen molar-refractivity contribution in [2.24, 2.45) is 5.73 Å². The molecule has 2 heterocycles. The van der Waals surface area contributed by atoms with Crippen molar-refractivity contribution in [2.75, 3.05) is 0 Å². The van der Waals surface area contributed by atoms with Gasteiger partial charge in [0.1, 0.15) is 0 Å². The maximum atomic E-state index is 5.67. The predicted molar refractivity (Wildman–Crippen MR) is 69.0 cm³/mol. The second-order valence-electron chi connectivity index (χ2n) is 4.91. The van der Waals surface area contributed by atoms with Gasteiger partial charge in [0.2, 0.25) is 0 Å². The lowest BCUT2D eigenvalue weighted by molar-refractivity contribution is 0.460. The Morgan fingerprint density at radius 1 is 1.28 bits per heavy atom. The van der Waals surface area contributed by atoms with Crippen LogP contribution in [0, 0.1) is 0 Å². The summed E-state index contributed by atoms with van der Waals surface area (Å²) in [5.74, 6) is 0. The van der Waals surface area contributed by atoms with Gasteiger partial charge in [0, 0.05) is 18.9 Å². The molecule has 0 amide bonds. The monoisotopic (exact) mass is 245 g/mol. The molecular weight excluding hydrogens is 226 g/mol. The first-order valence-corrected chi connectivity index (χ1v) is 6.61. The highest BCUT2D eigenvalue weighted by Gasteiger charge is 2.17. The number of nitrogens with zero attached hydrogens (tertiary/aromatic N) is 4. The molecule has 5 nitrogen and oxygen atoms in total. The number of hydrogen-bond acceptors (Lipinski definition) is 3. The zero-order valence-corrected chi connectivity index (χ0v) is 10.5. The van der Waals surface area contributed by atoms with Crippen LogP contribution in [0.1, 0.15) is 43.1 Å². The zero-order valence-electron chi connectivity index (χ0n) is 10.5. The van der Waals surface area contributed by atoms with E-state index in [4.69, 9.17) is 5.73 Å². The van der Waals surface area contributed by atoms with Crippen molar-refractivity contribution in [3.63, 3.8) is 0 Å². The molecule has 0 spiro atoms. The lowest BCUT2D eigenvalue weighted by Gasteiger charge is -2.09. The van der Waals surface area contributed by atoms with Crippen LogP contribution in [0.2, 0.25) is 0 Å². The molecule has 1 aliphatic rings. The van der Waals surface area contributed by atoms with Crippen LogP contribution in [0.25, 0.3) is 0 Å². The lowest BCUT2D eigenvalue weighted by Crippen LogP contribution is -2.11. The molecule has 1 aliphatic carbocycles. The summed E-state index contributed by atoms with van der Waals surface area (Å²) >= 11 is 0. The molecule has 2 aromatic heterocycles. The van der Waals surface area contributed by atoms with E-state index < -0.39 is 0 Å². The average Bonchev–Trinajstić information content (AvgIpc) is 3.10. The first-order valence-electron chi connectivity index (χ1n) is 6.61. The van der Waals surface area contributed by atoms with Gasteiger partial charge in [-0.05, 0) is 25.0 Å². The molecule has 5 heteroatoms. The Labute approximate surface area is 107 Å². The quantitative estimate of drug-likeness (QED) is 0.891. The summed E-state index contributed by atoms with van der Waals surface area (Å²) in [5, 5.41) is 8.93. The van der Waals surface area contributed by atoms with Crippen LogP contribution in [0.3, 0.4) is 0 Å². The number of rotatable bonds is 4. The van der Waals surface area contributed by atoms with Crippen molar-refractivity contribution in [3.05, 3.63) is 35.9 Å². The summed E-state index contributed by atoms with van der Waals surface area (Å²) in [6, 6.07) is 4.64. The van der Waals surface area contributed by atoms with E-state index in [1.807, 2.05) is 10.7 Å². The van der Waals surface area contributed by atoms with Crippen LogP contribution in [0.4, 0.5) is 0 Å². The largest absolute Gasteiger partial charge is 0.325 e. The molecule has 18 heavy (non-hydrogen) atoms. The first-order chi connectivity index (χ1) is 8.86. The summed E-state index contributed by atoms with van der Waals surface area (Å²) in [6.45, 7) is 1.22. The maximum Gasteiger partial charge on any atom is 0.0853 e. The van der Waals surface area contributed by atoms with Crippen LogP contribution in [-0.4, -0.2) is 19.6 Å². The molecule has 0 aromatic carbocycles. The topological polar surface area (TPSA) is 61.7 Å². The van der Waals surface area contributed by atoms with Gasteiger partial charge in [-0.3, -0.25) is 9.36 Å². The van der Waals surface area contributed by atoms with Gasteiger partial charge < -0.3 is 5.73 Å². The highest BCUT2D eigenvalue weighted by Crippen LogP contribution is 2.28. The van der Waals surface area contributed by atoms with Gasteiger partial charge in [0.15, 0.2) is 0 Å². The molecule has 0 radical (unpaired) electrons. The Hall–Kier alpha value is -1.62. The summed E-state index contributed by atoms with van der Waals surface area (Å²) in [5.41, 5.74) is 7.77. The number of aromatic nitrogens is 4. The molecule has 2 aromatic rings. The summed E-state index contributed by atoms with van der Waals surface area (Å²) in [7, 11) is 0. The molecule has 0 unspecified atom stereocenters. The van der Waals surface area contributed by atoms with E-state index in [-0.39, 0.29) is 0 Å². The van der Waals surface area contributed by atoms with Crippen LogP contribution in [0.15, 0.2) is 24.5 Å². The van der Waals surface area contributed by atoms with E-state index in [2.05, 4.69) is 27.1 Å². The second kappa shape index (κ2) is 4.94. The highest BCUT2D eigenvalue weighted by molar-refractivity contribution is 5.05. The van der Waals surface area contributed by atoms with Crippen molar-refractivity contribution in [3.8, 4) is 0 Å². The van der Waals surface area contributed by atoms with Gasteiger partial charge in [-0.2, -0.15) is 10.2 Å². The molecule has 1 fully saturated rings. The Morgan fingerprint density at radius 3 is 2.89 bits per heavy atom. The fourth-order valence-electron chi connectivity index (χ4n) is 2.66. The predicted octanol–water partition coefficient (Wildman–Crippen LogP) is 1.70. The number of nitrogens with two attached hydrogens (primary N) is 1. The van der Waals surface area contributed by atoms with E-state index in [1.54, 1.807) is 6.20 Å². The van der Waals surface area contributed by atoms with Gasteiger partial charge in [0.25, 0.3) is 0 Å². The zero-order chi connectivity index (χ0) is 12.4. The molecule has 96 valence electrons. The van der Waals surface area contributed by atoms with Crippen LogP contribution in [-0.2, 0) is 13.1 Å². The van der Waals surface area contributed by atoms with Crippen molar-refractivity contribution >= 4 is 0 Å². The average molecular weight is 245 g/mol. The van der Waals surface area contributed by atoms with Crippen LogP contribution < -0.4 is 5.73 Å². The van der Waals surface area contributed by atoms with Crippen molar-refractivity contribution in [2.45, 2.75) is 44.8 Å². The highest BCUT2D eigenvalue weighted by atomic mass is 15.3. The van der Waals surface area contributed by atoms with Gasteiger partial charge >= 0.3 is 0 Å². The minimum atomic E-state index is 0.517. The summed E-state index contributed by atoms with van der Waals surface area (Å²) in [4.78, 5) is 0. The molecule has 0 bridgehead atoms. The Morgan fingerprint density at radius 2 is 2.11 bits per heavy atom. The minimum absolute atomic E-state index is 0.517. The van der Waals surface area contributed by atoms with Crippen molar-refractivity contribution < 1.29 is 0 Å². The van der Waals surface area contributed by atoms with E-state index in [1.165, 1.54) is 25.7 Å². The minimum Gasteiger partial charge on any atom is -0.325 e. The second-order valence-corrected chi connectivity index (χ2v) is 4.91. The van der Waals surface area contributed by atoms with Gasteiger partial charge in [-0.1, -0.05) is 12.8 Å². The molecule has 1 saturated carbocycles. The fourth-order valence-corrected chi connectivity index (χ4v) is 2.66. The first kappa shape index (κ1) is 11.5. The van der Waals surface area contributed by atoms with E-state index in [9.17, 15) is 0 Å². The Kier molecular flexibility index (Phi) is 3.15. The van der Waals surface area contributed by atoms with Crippen molar-refractivity contribution in [1.82, 2.24) is 19.6 Å². The molecule has 0 atom stereocenters. The third-order valence-electron chi connectivity index (χ3n) is 3.69. The number of hydrogen-bond donors (Lipinski definition) is 1. The molecular formula is C13H19N5. The van der Waals surface area contributed by atoms with E-state index >= 15 is 0 Å². The molecule has 0 aliphatic heterocycles. The van der Waals surface area contributed by atoms with Crippen LogP contribution >= 0.6 is 0 Å². The summed E-state index contributed by atoms with van der Waals surface area (Å²) in [6.07, 6.45) is 9.06. The van der Waals surface area contributed by atoms with Gasteiger partial charge in [-0.25, -0.2) is 0 Å². The van der Waals surface area contributed by atoms with E-state index in [0.29, 0.717) is 19.1 Å². The Balaban J connectivity index is 1.73. The fraction of sp³-hybridized carbons (Fsp3) is 0.538. The van der Waals surface area contributed by atoms with Crippen molar-refractivity contribution in [1.29, 1.82) is 0 Å². The third-order valence-corrected chi connectivity index (χ3v) is 3.69. The van der Waals surface area contributed by atoms with Gasteiger partial charge in [-0.15, -0.1) is 0 Å². The van der Waals surface area contributed by atoms with Gasteiger partial charge in [0.05, 0.1) is 24.0 Å². The summed E-state index contributed by atoms with van der Waals surface area (Å²) < 4.78 is 4.04. The third kappa shape index (κ3) is 2.18. The molecule has 2 N–H and O–H groups in total. The van der Waals surface area contributed by atoms with E-state index in [0.717, 1.165) is 11.4 Å². The van der Waals surface area contributed by atoms with Crippen LogP contribution in [0.5, 0.6) is 0 Å². The normalized spacial score (nSPS) is 16.5. The smallest absolute Gasteiger partial charge is 0.0853 e. The standard InChI is InChI=1S/C13H19N5/c14-9-13-5-7-15-18(13)10-11-6-8-17(16-11)12-3-1-2-4-12/h5-8,12H,1-4,9-10,14H2. The SMILES string of the molecule is NCc1ccnn1Cc1ccn(C2CCCC2)n1. The maximum absolute atomic E-state index is 5.67. The lowest BCUT2D eigenvalue weighted by atomic mass is 10.3. The molecule has 0 saturated heterocycles. The molecule has 3 rings (SSSR count).